The maximum Gasteiger partial charge on any atom is 0.260 e. The fourth-order valence-electron chi connectivity index (χ4n) is 6.64. The van der Waals surface area contributed by atoms with E-state index >= 15 is 13.2 Å². The summed E-state index contributed by atoms with van der Waals surface area (Å²) in [5.74, 6) is -8.61. The summed E-state index contributed by atoms with van der Waals surface area (Å²) in [5.41, 5.74) is -2.89. The number of fused-ring (bicyclic) bond motifs is 2. The van der Waals surface area contributed by atoms with Gasteiger partial charge in [-0.15, -0.1) is 11.6 Å². The van der Waals surface area contributed by atoms with Crippen LogP contribution in [0.4, 0.5) is 18.9 Å². The molecule has 278 valence electrons. The number of nitrogens with zero attached hydrogens (tertiary/aromatic N) is 2. The van der Waals surface area contributed by atoms with E-state index in [2.05, 4.69) is 5.32 Å². The lowest BCUT2D eigenvalue weighted by atomic mass is 9.85. The molecule has 0 aromatic heterocycles. The number of allylic oxidation sites excluding steroid dienone is 5. The van der Waals surface area contributed by atoms with Crippen molar-refractivity contribution in [2.75, 3.05) is 69.9 Å². The molecular weight excluding hydrogens is 722 g/mol. The Kier molecular flexibility index (Phi) is 12.1. The minimum absolute atomic E-state index is 0.0519. The van der Waals surface area contributed by atoms with Crippen molar-refractivity contribution in [2.45, 2.75) is 38.5 Å². The Balaban J connectivity index is 1.33. The average Bonchev–Trinajstić information content (AvgIpc) is 3.06. The number of nitrogens with one attached hydrogen (secondary N) is 1. The first-order valence-electron chi connectivity index (χ1n) is 17.5. The van der Waals surface area contributed by atoms with Gasteiger partial charge in [-0.3, -0.25) is 9.36 Å². The zero-order valence-electron chi connectivity index (χ0n) is 28.5. The highest BCUT2D eigenvalue weighted by Crippen LogP contribution is 2.60. The molecule has 3 heterocycles. The molecule has 52 heavy (non-hydrogen) atoms. The molecule has 2 saturated heterocycles. The number of alkyl halides is 1. The molecule has 0 radical (unpaired) electrons. The van der Waals surface area contributed by atoms with Gasteiger partial charge in [0, 0.05) is 66.7 Å². The molecule has 1 unspecified atom stereocenters. The molecule has 2 aromatic carbocycles. The van der Waals surface area contributed by atoms with Gasteiger partial charge >= 0.3 is 0 Å². The zero-order valence-corrected chi connectivity index (χ0v) is 30.2. The van der Waals surface area contributed by atoms with Crippen LogP contribution in [0.1, 0.15) is 70.4 Å². The second-order valence-electron chi connectivity index (χ2n) is 13.0. The number of aromatic carboxylic acids is 1. The highest BCUT2D eigenvalue weighted by atomic mass is 35.5. The molecule has 1 aliphatic carbocycles. The lowest BCUT2D eigenvalue weighted by Crippen LogP contribution is -2.38. The van der Waals surface area contributed by atoms with Gasteiger partial charge in [0.1, 0.15) is 24.5 Å². The maximum atomic E-state index is 16.8. The number of hydrogen-bond acceptors (Lipinski definition) is 7. The first-order valence-corrected chi connectivity index (χ1v) is 19.7. The summed E-state index contributed by atoms with van der Waals surface area (Å²) in [5, 5.41) is 14.5. The van der Waals surface area contributed by atoms with Gasteiger partial charge < -0.3 is 34.5 Å². The summed E-state index contributed by atoms with van der Waals surface area (Å²) in [4.78, 5) is 39.4. The number of ether oxygens (including phenoxy) is 2. The van der Waals surface area contributed by atoms with Crippen molar-refractivity contribution in [2.24, 2.45) is 0 Å². The second-order valence-corrected chi connectivity index (χ2v) is 15.5. The monoisotopic (exact) mass is 761 g/mol. The van der Waals surface area contributed by atoms with E-state index in [0.717, 1.165) is 38.5 Å². The first-order chi connectivity index (χ1) is 25.1. The van der Waals surface area contributed by atoms with E-state index in [-0.39, 0.29) is 47.1 Å². The van der Waals surface area contributed by atoms with Gasteiger partial charge in [-0.2, -0.15) is 0 Å². The van der Waals surface area contributed by atoms with Crippen molar-refractivity contribution in [3.05, 3.63) is 87.0 Å². The summed E-state index contributed by atoms with van der Waals surface area (Å²) < 4.78 is 75.3. The van der Waals surface area contributed by atoms with Crippen LogP contribution in [0.3, 0.4) is 0 Å². The second kappa shape index (κ2) is 16.5. The van der Waals surface area contributed by atoms with Crippen LogP contribution in [0.25, 0.3) is 5.57 Å². The molecule has 15 heteroatoms. The Morgan fingerprint density at radius 1 is 0.942 bits per heavy atom. The van der Waals surface area contributed by atoms with E-state index in [4.69, 9.17) is 21.1 Å². The van der Waals surface area contributed by atoms with E-state index in [1.165, 1.54) is 24.3 Å². The predicted molar refractivity (Wildman–Crippen MR) is 189 cm³/mol. The molecule has 0 saturated carbocycles. The van der Waals surface area contributed by atoms with Crippen LogP contribution in [0.15, 0.2) is 47.3 Å². The Morgan fingerprint density at radius 2 is 1.65 bits per heavy atom. The van der Waals surface area contributed by atoms with E-state index in [0.29, 0.717) is 56.7 Å². The third kappa shape index (κ3) is 7.52. The van der Waals surface area contributed by atoms with Crippen LogP contribution < -0.4 is 20.6 Å². The quantitative estimate of drug-likeness (QED) is 0.0854. The molecular formula is C37H40ClF3N3O7P. The number of rotatable bonds is 16. The van der Waals surface area contributed by atoms with E-state index in [1.54, 1.807) is 12.1 Å². The Bertz CT molecular complexity index is 1940. The smallest absolute Gasteiger partial charge is 0.260 e. The van der Waals surface area contributed by atoms with E-state index < -0.39 is 53.4 Å². The average molecular weight is 762 g/mol. The van der Waals surface area contributed by atoms with Gasteiger partial charge in [-0.1, -0.05) is 18.9 Å². The number of benzene rings is 2. The molecule has 0 spiro atoms. The Hall–Kier alpha value is -3.74. The maximum absolute atomic E-state index is 16.8. The minimum atomic E-state index is -4.41. The van der Waals surface area contributed by atoms with Crippen LogP contribution in [0.5, 0.6) is 0 Å². The van der Waals surface area contributed by atoms with Crippen LogP contribution in [0.2, 0.25) is 0 Å². The normalized spacial score (nSPS) is 19.2. The summed E-state index contributed by atoms with van der Waals surface area (Å²) in [6.45, 7) is 3.63. The molecule has 3 aliphatic heterocycles. The number of unbranched alkanes of at least 4 members (excludes halogenated alkanes) is 3. The number of carbonyl (C=O) groups is 2. The molecule has 4 aliphatic rings. The molecule has 2 N–H and O–H groups in total. The fourth-order valence-corrected chi connectivity index (χ4v) is 8.72. The lowest BCUT2D eigenvalue weighted by Gasteiger charge is -2.36. The third-order valence-electron chi connectivity index (χ3n) is 9.67. The number of halogens is 4. The molecule has 1 amide bonds. The molecule has 6 rings (SSSR count). The third-order valence-corrected chi connectivity index (χ3v) is 12.0. The largest absolute Gasteiger partial charge is 0.545 e. The number of amides is 1. The highest BCUT2D eigenvalue weighted by Gasteiger charge is 2.44. The summed E-state index contributed by atoms with van der Waals surface area (Å²) in [6, 6.07) is 4.57. The molecule has 1 atom stereocenters. The van der Waals surface area contributed by atoms with Crippen LogP contribution >= 0.6 is 19.0 Å². The van der Waals surface area contributed by atoms with Crippen molar-refractivity contribution < 1.29 is 51.4 Å². The number of anilines is 1. The van der Waals surface area contributed by atoms with Gasteiger partial charge in [-0.25, -0.2) is 17.7 Å². The number of carboxylic acids is 1. The van der Waals surface area contributed by atoms with Gasteiger partial charge in [0.2, 0.25) is 5.71 Å². The van der Waals surface area contributed by atoms with Gasteiger partial charge in [0.05, 0.1) is 42.8 Å². The number of hydrogen-bond donors (Lipinski definition) is 2. The SMILES string of the molecule is O=C(NCCOCCOCCCCCCCl)c1c(F)c(F)c(C(=O)[O-])c(C2=C3C=CC(=[N+]4CCC4)C=C3P(=O)(O)c3cc(N4CCC4)ccc32)c1F. The lowest BCUT2D eigenvalue weighted by molar-refractivity contribution is -0.582. The minimum Gasteiger partial charge on any atom is -0.545 e. The Morgan fingerprint density at radius 3 is 2.31 bits per heavy atom. The van der Waals surface area contributed by atoms with Crippen LogP contribution in [-0.4, -0.2) is 92.1 Å². The van der Waals surface area contributed by atoms with Crippen molar-refractivity contribution in [3.8, 4) is 0 Å². The Labute approximate surface area is 304 Å². The highest BCUT2D eigenvalue weighted by molar-refractivity contribution is 7.71. The number of carboxylic acid groups (broad SMARTS) is 1. The van der Waals surface area contributed by atoms with Gasteiger partial charge in [0.25, 0.3) is 13.3 Å². The van der Waals surface area contributed by atoms with Crippen molar-refractivity contribution in [1.29, 1.82) is 0 Å². The van der Waals surface area contributed by atoms with Crippen LogP contribution in [0, 0.1) is 17.5 Å². The van der Waals surface area contributed by atoms with Crippen molar-refractivity contribution in [3.63, 3.8) is 0 Å². The standard InChI is InChI=1S/C37H40ClF3N3O7P/c38-11-3-1-2-4-17-50-19-20-51-18-12-42-36(45)32-33(39)30(31(37(46)47)34(40)35(32)41)29-25-9-7-23(43-13-5-14-43)21-27(25)52(48,49)28-22-24(8-10-26(28)29)44-15-6-16-44/h7-10,21-22H,1-6,11-20H2,(H2-,42,45,46,47,48,49). The fraction of sp³-hybridized carbons (Fsp3) is 0.432. The number of carbonyl (C=O) groups excluding carboxylic acids is 2. The predicted octanol–water partition coefficient (Wildman–Crippen LogP) is 4.26. The molecule has 2 aromatic rings. The van der Waals surface area contributed by atoms with Crippen LogP contribution in [-0.2, 0) is 14.0 Å². The summed E-state index contributed by atoms with van der Waals surface area (Å²) in [7, 11) is -4.41. The summed E-state index contributed by atoms with van der Waals surface area (Å²) in [6.07, 6.45) is 10.3. The van der Waals surface area contributed by atoms with Crippen molar-refractivity contribution >= 4 is 53.1 Å². The molecule has 2 fully saturated rings. The molecule has 10 nitrogen and oxygen atoms in total. The molecule has 0 bridgehead atoms. The van der Waals surface area contributed by atoms with Crippen molar-refractivity contribution in [1.82, 2.24) is 5.32 Å². The van der Waals surface area contributed by atoms with E-state index in [1.807, 2.05) is 9.48 Å². The topological polar surface area (TPSA) is 131 Å². The summed E-state index contributed by atoms with van der Waals surface area (Å²) >= 11 is 5.66. The zero-order chi connectivity index (χ0) is 37.0. The first kappa shape index (κ1) is 38.0. The van der Waals surface area contributed by atoms with Gasteiger partial charge in [-0.05, 0) is 48.6 Å². The van der Waals surface area contributed by atoms with Gasteiger partial charge in [0.15, 0.2) is 11.6 Å². The van der Waals surface area contributed by atoms with E-state index in [9.17, 15) is 24.2 Å².